The fourth-order valence-electron chi connectivity index (χ4n) is 9.94. The third-order valence-corrected chi connectivity index (χ3v) is 12.7. The van der Waals surface area contributed by atoms with E-state index in [1.54, 1.807) is 30.3 Å². The van der Waals surface area contributed by atoms with E-state index in [-0.39, 0.29) is 19.8 Å². The van der Waals surface area contributed by atoms with E-state index in [9.17, 15) is 10.2 Å². The van der Waals surface area contributed by atoms with Crippen molar-refractivity contribution < 1.29 is 34.1 Å². The van der Waals surface area contributed by atoms with Gasteiger partial charge in [0.1, 0.15) is 29.9 Å². The molecule has 4 N–H and O–H groups in total. The molecule has 9 rings (SSSR count). The predicted molar refractivity (Wildman–Crippen MR) is 246 cm³/mol. The van der Waals surface area contributed by atoms with Crippen molar-refractivity contribution >= 4 is 23.5 Å². The summed E-state index contributed by atoms with van der Waals surface area (Å²) in [6, 6.07) is 48.1. The number of morpholine rings is 1. The molecule has 3 aliphatic heterocycles. The number of nitrogens with one attached hydrogen (secondary N) is 2. The second-order valence-corrected chi connectivity index (χ2v) is 16.8. The maximum absolute atomic E-state index is 15.6. The van der Waals surface area contributed by atoms with Crippen LogP contribution in [0.2, 0.25) is 0 Å². The molecule has 11 nitrogen and oxygen atoms in total. The average molecular weight is 867 g/mol. The van der Waals surface area contributed by atoms with Crippen LogP contribution in [0.15, 0.2) is 164 Å². The molecule has 0 bridgehead atoms. The first-order valence-electron chi connectivity index (χ1n) is 21.9. The number of carbonyl (C=O) groups is 3. The van der Waals surface area contributed by atoms with E-state index in [0.29, 0.717) is 46.8 Å². The molecule has 2 amide bonds. The molecular weight excluding hydrogens is 817 g/mol. The molecular formula is C54H50N4O7. The number of cyclic esters (lactones) is 1. The van der Waals surface area contributed by atoms with Crippen LogP contribution in [0, 0.1) is 17.8 Å². The summed E-state index contributed by atoms with van der Waals surface area (Å²) in [6.45, 7) is 0.803. The van der Waals surface area contributed by atoms with Crippen molar-refractivity contribution in [2.24, 2.45) is 5.92 Å². The number of ether oxygens (including phenoxy) is 2. The van der Waals surface area contributed by atoms with E-state index in [4.69, 9.17) is 9.47 Å². The molecule has 1 spiro atoms. The summed E-state index contributed by atoms with van der Waals surface area (Å²) >= 11 is 0. The number of hydrogen-bond acceptors (Lipinski definition) is 9. The lowest BCUT2D eigenvalue weighted by molar-refractivity contribution is -0.178. The van der Waals surface area contributed by atoms with Crippen molar-refractivity contribution in [3.05, 3.63) is 203 Å². The summed E-state index contributed by atoms with van der Waals surface area (Å²) < 4.78 is 12.5. The Labute approximate surface area is 378 Å². The largest absolute Gasteiger partial charge is 0.491 e. The lowest BCUT2D eigenvalue weighted by Crippen LogP contribution is -2.55. The van der Waals surface area contributed by atoms with Gasteiger partial charge in [0.05, 0.1) is 37.3 Å². The Morgan fingerprint density at radius 3 is 2.20 bits per heavy atom. The molecule has 65 heavy (non-hydrogen) atoms. The molecule has 0 aliphatic carbocycles. The van der Waals surface area contributed by atoms with Crippen LogP contribution >= 0.6 is 0 Å². The fourth-order valence-corrected chi connectivity index (χ4v) is 9.94. The SMILES string of the molecule is CN(CC#Cc1ccc2c(c1)[C@]1(C(=O)N2)[C@H](c2cccc(OCCO)c2)N2[C@H](c3ccccc3)[C@H](c3ccccc3)OC(=O)[C@H]2[C@@H]1C(=O)NC[C@H](O)c1ccccc1)Cc1ccccc1. The molecule has 3 heterocycles. The number of amides is 2. The van der Waals surface area contributed by atoms with Gasteiger partial charge < -0.3 is 30.3 Å². The highest BCUT2D eigenvalue weighted by atomic mass is 16.6. The van der Waals surface area contributed by atoms with E-state index >= 15 is 14.4 Å². The monoisotopic (exact) mass is 866 g/mol. The minimum atomic E-state index is -1.77. The van der Waals surface area contributed by atoms with Gasteiger partial charge >= 0.3 is 5.97 Å². The lowest BCUT2D eigenvalue weighted by atomic mass is 9.65. The molecule has 7 atom stereocenters. The highest BCUT2D eigenvalue weighted by Gasteiger charge is 2.74. The Morgan fingerprint density at radius 1 is 0.831 bits per heavy atom. The zero-order valence-electron chi connectivity index (χ0n) is 35.9. The number of aliphatic hydroxyl groups is 2. The Hall–Kier alpha value is -7.07. The third-order valence-electron chi connectivity index (χ3n) is 12.7. The van der Waals surface area contributed by atoms with Gasteiger partial charge in [0.15, 0.2) is 0 Å². The van der Waals surface area contributed by atoms with E-state index < -0.39 is 59.5 Å². The number of esters is 1. The molecule has 0 saturated carbocycles. The van der Waals surface area contributed by atoms with Crippen molar-refractivity contribution in [2.45, 2.75) is 42.3 Å². The van der Waals surface area contributed by atoms with Gasteiger partial charge in [-0.25, -0.2) is 0 Å². The van der Waals surface area contributed by atoms with Crippen molar-refractivity contribution in [3.63, 3.8) is 0 Å². The molecule has 0 unspecified atom stereocenters. The van der Waals surface area contributed by atoms with Gasteiger partial charge in [0.2, 0.25) is 11.8 Å². The quantitative estimate of drug-likeness (QED) is 0.0742. The summed E-state index contributed by atoms with van der Waals surface area (Å²) in [5.74, 6) is 3.95. The highest BCUT2D eigenvalue weighted by molar-refractivity contribution is 6.12. The van der Waals surface area contributed by atoms with Crippen LogP contribution in [0.25, 0.3) is 0 Å². The smallest absolute Gasteiger partial charge is 0.324 e. The number of carbonyl (C=O) groups excluding carboxylic acids is 3. The maximum atomic E-state index is 15.6. The van der Waals surface area contributed by atoms with E-state index in [0.717, 1.165) is 16.7 Å². The molecule has 2 saturated heterocycles. The average Bonchev–Trinajstić information content (AvgIpc) is 3.82. The Bertz CT molecular complexity index is 2710. The van der Waals surface area contributed by atoms with Crippen LogP contribution < -0.4 is 15.4 Å². The lowest BCUT2D eigenvalue weighted by Gasteiger charge is -2.46. The molecule has 3 aliphatic rings. The summed E-state index contributed by atoms with van der Waals surface area (Å²) in [7, 11) is 2.00. The van der Waals surface area contributed by atoms with Gasteiger partial charge in [-0.15, -0.1) is 0 Å². The van der Waals surface area contributed by atoms with Crippen LogP contribution in [-0.2, 0) is 31.1 Å². The van der Waals surface area contributed by atoms with Crippen molar-refractivity contribution in [3.8, 4) is 17.6 Å². The van der Waals surface area contributed by atoms with E-state index in [1.807, 2.05) is 133 Å². The van der Waals surface area contributed by atoms with Crippen LogP contribution in [0.5, 0.6) is 5.75 Å². The first kappa shape index (κ1) is 43.2. The number of benzene rings is 6. The summed E-state index contributed by atoms with van der Waals surface area (Å²) in [5.41, 5.74) is 3.78. The first-order valence-corrected chi connectivity index (χ1v) is 21.9. The van der Waals surface area contributed by atoms with Gasteiger partial charge in [-0.1, -0.05) is 145 Å². The van der Waals surface area contributed by atoms with Crippen molar-refractivity contribution in [1.29, 1.82) is 0 Å². The summed E-state index contributed by atoms with van der Waals surface area (Å²) in [5, 5.41) is 27.2. The van der Waals surface area contributed by atoms with Gasteiger partial charge in [-0.2, -0.15) is 0 Å². The number of hydrogen-bond donors (Lipinski definition) is 4. The molecule has 0 radical (unpaired) electrons. The molecule has 2 fully saturated rings. The second kappa shape index (κ2) is 19.0. The van der Waals surface area contributed by atoms with Crippen LogP contribution in [-0.4, -0.2) is 77.2 Å². The van der Waals surface area contributed by atoms with Crippen LogP contribution in [0.3, 0.4) is 0 Å². The Balaban J connectivity index is 1.23. The van der Waals surface area contributed by atoms with Gasteiger partial charge in [0, 0.05) is 24.3 Å². The van der Waals surface area contributed by atoms with Gasteiger partial charge in [-0.3, -0.25) is 24.2 Å². The molecule has 0 aromatic heterocycles. The van der Waals surface area contributed by atoms with E-state index in [1.165, 1.54) is 0 Å². The summed E-state index contributed by atoms with van der Waals surface area (Å²) in [4.78, 5) is 50.3. The predicted octanol–water partition coefficient (Wildman–Crippen LogP) is 6.66. The molecule has 6 aromatic rings. The zero-order valence-corrected chi connectivity index (χ0v) is 35.9. The van der Waals surface area contributed by atoms with Gasteiger partial charge in [0.25, 0.3) is 0 Å². The number of aliphatic hydroxyl groups excluding tert-OH is 2. The topological polar surface area (TPSA) is 141 Å². The van der Waals surface area contributed by atoms with Gasteiger partial charge in [-0.05, 0) is 70.8 Å². The maximum Gasteiger partial charge on any atom is 0.324 e. The van der Waals surface area contributed by atoms with Crippen molar-refractivity contribution in [2.75, 3.05) is 38.7 Å². The normalized spacial score (nSPS) is 22.6. The fraction of sp³-hybridized carbons (Fsp3) is 0.241. The Morgan fingerprint density at radius 2 is 1.49 bits per heavy atom. The van der Waals surface area contributed by atoms with Crippen LogP contribution in [0.4, 0.5) is 5.69 Å². The zero-order chi connectivity index (χ0) is 44.9. The second-order valence-electron chi connectivity index (χ2n) is 16.8. The van der Waals surface area contributed by atoms with Crippen LogP contribution in [0.1, 0.15) is 63.2 Å². The number of rotatable bonds is 13. The number of fused-ring (bicyclic) bond motifs is 3. The molecule has 328 valence electrons. The molecule has 11 heteroatoms. The highest BCUT2D eigenvalue weighted by Crippen LogP contribution is 2.65. The minimum absolute atomic E-state index is 0.0291. The number of nitrogens with zero attached hydrogens (tertiary/aromatic N) is 2. The Kier molecular flexibility index (Phi) is 12.6. The summed E-state index contributed by atoms with van der Waals surface area (Å²) in [6.07, 6.45) is -1.92. The first-order chi connectivity index (χ1) is 31.8. The standard InChI is InChI=1S/C54H50N4O7/c1-57(35-37-16-6-2-7-17-37)29-15-18-36-27-28-44-43(32-36)54(53(63)56-44)46(51(61)55-34-45(60)38-19-8-3-9-20-38)48-52(62)65-49(40-23-12-5-13-24-40)47(39-21-10-4-11-22-39)58(48)50(54)41-25-14-26-42(33-41)64-31-30-59/h2-14,16-17,19-28,32-33,45-50,59-60H,29-31,34-35H2,1H3,(H,55,61)(H,56,63)/t45-,46+,47+,48+,49-,50-,54+/m0/s1. The van der Waals surface area contributed by atoms with E-state index in [2.05, 4.69) is 39.5 Å². The van der Waals surface area contributed by atoms with Crippen molar-refractivity contribution in [1.82, 2.24) is 15.1 Å². The third kappa shape index (κ3) is 8.41. The minimum Gasteiger partial charge on any atom is -0.491 e. The number of anilines is 1. The molecule has 6 aromatic carbocycles.